The predicted octanol–water partition coefficient (Wildman–Crippen LogP) is 0.915. The first kappa shape index (κ1) is 25.7. The van der Waals surface area contributed by atoms with Gasteiger partial charge in [-0.3, -0.25) is 9.59 Å². The second kappa shape index (κ2) is 11.5. The molecule has 1 saturated heterocycles. The zero-order valence-corrected chi connectivity index (χ0v) is 20.4. The number of urea groups is 1. The number of nitrogens with one attached hydrogen (secondary N) is 2. The van der Waals surface area contributed by atoms with Crippen LogP contribution in [0.1, 0.15) is 70.6 Å². The van der Waals surface area contributed by atoms with Crippen molar-refractivity contribution in [1.29, 1.82) is 0 Å². The van der Waals surface area contributed by atoms with Crippen LogP contribution in [0.4, 0.5) is 4.79 Å². The van der Waals surface area contributed by atoms with E-state index in [4.69, 9.17) is 5.73 Å². The highest BCUT2D eigenvalue weighted by Crippen LogP contribution is 2.27. The molecule has 10 nitrogen and oxygen atoms in total. The largest absolute Gasteiger partial charge is 0.368 e. The quantitative estimate of drug-likeness (QED) is 0.491. The molecule has 0 spiro atoms. The Morgan fingerprint density at radius 3 is 2.15 bits per heavy atom. The molecule has 0 radical (unpaired) electrons. The molecule has 33 heavy (non-hydrogen) atoms. The molecule has 3 rings (SSSR count). The number of carbonyl (C=O) groups is 3. The maximum atomic E-state index is 13.3. The number of amides is 4. The molecule has 0 aromatic carbocycles. The van der Waals surface area contributed by atoms with Crippen LogP contribution < -0.4 is 16.4 Å². The molecular weight excluding hydrogens is 446 g/mol. The van der Waals surface area contributed by atoms with Gasteiger partial charge in [0.25, 0.3) is 0 Å². The molecule has 4 N–H and O–H groups in total. The molecular formula is C22H39N5O5S. The number of hydrogen-bond donors (Lipinski definition) is 3. The molecule has 0 aromatic heterocycles. The van der Waals surface area contributed by atoms with E-state index in [-0.39, 0.29) is 31.7 Å². The Kier molecular flexibility index (Phi) is 8.97. The molecule has 3 aliphatic rings. The van der Waals surface area contributed by atoms with Crippen LogP contribution in [0.5, 0.6) is 0 Å². The second-order valence-electron chi connectivity index (χ2n) is 9.82. The fraction of sp³-hybridized carbons (Fsp3) is 0.864. The number of primary amides is 1. The van der Waals surface area contributed by atoms with E-state index in [2.05, 4.69) is 10.6 Å². The smallest absolute Gasteiger partial charge is 0.318 e. The van der Waals surface area contributed by atoms with Gasteiger partial charge in [0, 0.05) is 25.7 Å². The average Bonchev–Trinajstić information content (AvgIpc) is 2.79. The number of sulfonamides is 1. The first-order valence-electron chi connectivity index (χ1n) is 12.3. The fourth-order valence-electron chi connectivity index (χ4n) is 5.30. The standard InChI is InChI=1S/C22H39N5O5S/c1-33(31,32)26-12-13-27(22(30)24-17-10-6-3-7-11-17)19(15-26)21(29)25-18(20(23)28)14-16-8-4-2-5-9-16/h16-19H,2-15H2,1H3,(H2,23,28)(H,24,30)(H,25,29). The molecule has 2 saturated carbocycles. The van der Waals surface area contributed by atoms with Gasteiger partial charge in [-0.1, -0.05) is 51.4 Å². The Balaban J connectivity index is 1.71. The van der Waals surface area contributed by atoms with E-state index in [9.17, 15) is 22.8 Å². The number of piperazine rings is 1. The molecule has 0 aromatic rings. The predicted molar refractivity (Wildman–Crippen MR) is 125 cm³/mol. The van der Waals surface area contributed by atoms with Gasteiger partial charge in [-0.15, -0.1) is 0 Å². The first-order chi connectivity index (χ1) is 15.6. The average molecular weight is 486 g/mol. The lowest BCUT2D eigenvalue weighted by Gasteiger charge is -2.40. The SMILES string of the molecule is CS(=O)(=O)N1CCN(C(=O)NC2CCCCC2)C(C(=O)NC(CC2CCCCC2)C(N)=O)C1. The van der Waals surface area contributed by atoms with Gasteiger partial charge in [-0.2, -0.15) is 4.31 Å². The van der Waals surface area contributed by atoms with Crippen molar-refractivity contribution < 1.29 is 22.8 Å². The molecule has 2 unspecified atom stereocenters. The molecule has 3 fully saturated rings. The highest BCUT2D eigenvalue weighted by Gasteiger charge is 2.40. The number of nitrogens with zero attached hydrogens (tertiary/aromatic N) is 2. The molecule has 0 bridgehead atoms. The van der Waals surface area contributed by atoms with Crippen molar-refractivity contribution in [3.05, 3.63) is 0 Å². The molecule has 1 heterocycles. The lowest BCUT2D eigenvalue weighted by atomic mass is 9.84. The minimum Gasteiger partial charge on any atom is -0.368 e. The molecule has 188 valence electrons. The van der Waals surface area contributed by atoms with Crippen LogP contribution in [0.2, 0.25) is 0 Å². The van der Waals surface area contributed by atoms with E-state index in [0.29, 0.717) is 12.3 Å². The Morgan fingerprint density at radius 1 is 0.970 bits per heavy atom. The fourth-order valence-corrected chi connectivity index (χ4v) is 6.13. The van der Waals surface area contributed by atoms with Crippen LogP contribution >= 0.6 is 0 Å². The van der Waals surface area contributed by atoms with E-state index in [1.807, 2.05) is 0 Å². The molecule has 2 aliphatic carbocycles. The van der Waals surface area contributed by atoms with E-state index >= 15 is 0 Å². The molecule has 11 heteroatoms. The van der Waals surface area contributed by atoms with Gasteiger partial charge in [0.15, 0.2) is 0 Å². The monoisotopic (exact) mass is 485 g/mol. The van der Waals surface area contributed by atoms with E-state index in [0.717, 1.165) is 64.0 Å². The minimum absolute atomic E-state index is 0.0626. The molecule has 4 amide bonds. The third-order valence-electron chi connectivity index (χ3n) is 7.26. The van der Waals surface area contributed by atoms with Gasteiger partial charge in [0.1, 0.15) is 12.1 Å². The summed E-state index contributed by atoms with van der Waals surface area (Å²) in [5.74, 6) is -0.828. The third-order valence-corrected chi connectivity index (χ3v) is 8.53. The van der Waals surface area contributed by atoms with Gasteiger partial charge >= 0.3 is 6.03 Å². The third kappa shape index (κ3) is 7.30. The van der Waals surface area contributed by atoms with Gasteiger partial charge in [-0.25, -0.2) is 13.2 Å². The number of carbonyl (C=O) groups excluding carboxylic acids is 3. The zero-order valence-electron chi connectivity index (χ0n) is 19.6. The summed E-state index contributed by atoms with van der Waals surface area (Å²) >= 11 is 0. The number of nitrogens with two attached hydrogens (primary N) is 1. The van der Waals surface area contributed by atoms with Crippen LogP contribution in [-0.2, 0) is 19.6 Å². The van der Waals surface area contributed by atoms with Crippen molar-refractivity contribution in [1.82, 2.24) is 19.8 Å². The summed E-state index contributed by atoms with van der Waals surface area (Å²) in [5, 5.41) is 5.75. The Hall–Kier alpha value is -1.88. The normalized spacial score (nSPS) is 24.8. The van der Waals surface area contributed by atoms with Crippen molar-refractivity contribution in [3.8, 4) is 0 Å². The molecule has 1 aliphatic heterocycles. The van der Waals surface area contributed by atoms with E-state index in [1.54, 1.807) is 0 Å². The van der Waals surface area contributed by atoms with Crippen LogP contribution in [-0.4, -0.2) is 79.5 Å². The first-order valence-corrected chi connectivity index (χ1v) is 14.1. The van der Waals surface area contributed by atoms with Crippen LogP contribution in [0.3, 0.4) is 0 Å². The van der Waals surface area contributed by atoms with Crippen LogP contribution in [0, 0.1) is 5.92 Å². The van der Waals surface area contributed by atoms with Crippen molar-refractivity contribution in [3.63, 3.8) is 0 Å². The highest BCUT2D eigenvalue weighted by molar-refractivity contribution is 7.88. The maximum absolute atomic E-state index is 13.3. The van der Waals surface area contributed by atoms with Gasteiger partial charge < -0.3 is 21.3 Å². The topological polar surface area (TPSA) is 142 Å². The summed E-state index contributed by atoms with van der Waals surface area (Å²) in [6.07, 6.45) is 12.0. The van der Waals surface area contributed by atoms with Crippen molar-refractivity contribution in [2.45, 2.75) is 88.8 Å². The summed E-state index contributed by atoms with van der Waals surface area (Å²) in [6, 6.07) is -2.16. The van der Waals surface area contributed by atoms with Gasteiger partial charge in [0.05, 0.1) is 6.26 Å². The lowest BCUT2D eigenvalue weighted by molar-refractivity contribution is -0.131. The van der Waals surface area contributed by atoms with Gasteiger partial charge in [0.2, 0.25) is 21.8 Å². The summed E-state index contributed by atoms with van der Waals surface area (Å²) < 4.78 is 25.5. The number of hydrogen-bond acceptors (Lipinski definition) is 5. The van der Waals surface area contributed by atoms with Crippen molar-refractivity contribution in [2.75, 3.05) is 25.9 Å². The molecule has 2 atom stereocenters. The van der Waals surface area contributed by atoms with E-state index in [1.165, 1.54) is 15.6 Å². The highest BCUT2D eigenvalue weighted by atomic mass is 32.2. The summed E-state index contributed by atoms with van der Waals surface area (Å²) in [4.78, 5) is 39.8. The van der Waals surface area contributed by atoms with Crippen LogP contribution in [0.15, 0.2) is 0 Å². The summed E-state index contributed by atoms with van der Waals surface area (Å²) in [7, 11) is -3.53. The van der Waals surface area contributed by atoms with Gasteiger partial charge in [-0.05, 0) is 25.2 Å². The Labute approximate surface area is 197 Å². The summed E-state index contributed by atoms with van der Waals surface area (Å²) in [5.41, 5.74) is 5.59. The van der Waals surface area contributed by atoms with E-state index < -0.39 is 33.9 Å². The van der Waals surface area contributed by atoms with Crippen molar-refractivity contribution in [2.24, 2.45) is 11.7 Å². The zero-order chi connectivity index (χ0) is 24.0. The summed E-state index contributed by atoms with van der Waals surface area (Å²) in [6.45, 7) is 0.0905. The van der Waals surface area contributed by atoms with Crippen molar-refractivity contribution >= 4 is 27.9 Å². The Morgan fingerprint density at radius 2 is 1.58 bits per heavy atom. The maximum Gasteiger partial charge on any atom is 0.318 e. The second-order valence-corrected chi connectivity index (χ2v) is 11.8. The lowest BCUT2D eigenvalue weighted by Crippen LogP contribution is -2.65. The Bertz CT molecular complexity index is 808. The van der Waals surface area contributed by atoms with Crippen LogP contribution in [0.25, 0.3) is 0 Å². The minimum atomic E-state index is -3.53. The number of rotatable bonds is 7.